The molecule has 0 spiro atoms. The van der Waals surface area contributed by atoms with Gasteiger partial charge in [-0.1, -0.05) is 0 Å². The van der Waals surface area contributed by atoms with Crippen LogP contribution in [-0.4, -0.2) is 30.6 Å². The lowest BCUT2D eigenvalue weighted by Crippen LogP contribution is -2.13. The summed E-state index contributed by atoms with van der Waals surface area (Å²) in [7, 11) is 2.08. The Morgan fingerprint density at radius 2 is 2.31 bits per heavy atom. The highest BCUT2D eigenvalue weighted by Crippen LogP contribution is 2.23. The molecule has 0 aromatic rings. The predicted octanol–water partition coefficient (Wildman–Crippen LogP) is 1.13. The smallest absolute Gasteiger partial charge is 0.269 e. The second-order valence-electron chi connectivity index (χ2n) is 3.36. The first-order valence-corrected chi connectivity index (χ1v) is 4.48. The van der Waals surface area contributed by atoms with Crippen molar-refractivity contribution in [3.8, 4) is 0 Å². The first kappa shape index (κ1) is 8.23. The molecule has 0 N–H and O–H groups in total. The number of hydrogen-bond acceptors (Lipinski definition) is 2. The third-order valence-corrected chi connectivity index (χ3v) is 2.44. The summed E-state index contributed by atoms with van der Waals surface area (Å²) in [6.45, 7) is 1.11. The lowest BCUT2D eigenvalue weighted by Gasteiger charge is -2.15. The van der Waals surface area contributed by atoms with Gasteiger partial charge in [0.1, 0.15) is 0 Å². The summed E-state index contributed by atoms with van der Waals surface area (Å²) in [5.41, 5.74) is 2.38. The predicted molar refractivity (Wildman–Crippen MR) is 51.5 cm³/mol. The molecule has 0 aromatic heterocycles. The monoisotopic (exact) mass is 176 g/mol. The third-order valence-electron chi connectivity index (χ3n) is 2.44. The fourth-order valence-electron chi connectivity index (χ4n) is 1.73. The van der Waals surface area contributed by atoms with E-state index in [2.05, 4.69) is 16.9 Å². The number of carbonyl (C=O) groups excluding carboxylic acids is 1. The van der Waals surface area contributed by atoms with Crippen molar-refractivity contribution in [1.29, 1.82) is 0 Å². The van der Waals surface area contributed by atoms with Gasteiger partial charge < -0.3 is 4.90 Å². The highest BCUT2D eigenvalue weighted by molar-refractivity contribution is 6.03. The summed E-state index contributed by atoms with van der Waals surface area (Å²) in [6, 6.07) is 0. The zero-order valence-electron chi connectivity index (χ0n) is 7.66. The fraction of sp³-hybridized carbons (Fsp3) is 0.400. The van der Waals surface area contributed by atoms with Crippen LogP contribution in [0.1, 0.15) is 12.8 Å². The standard InChI is InChI=1S/C10H12N2O/c1-12-6-2-3-9(12)8-4-5-10(13)11-7-8/h4-5,7H,2-3,6H2,1H3/b9-8-. The van der Waals surface area contributed by atoms with Crippen molar-refractivity contribution >= 4 is 12.1 Å². The van der Waals surface area contributed by atoms with Gasteiger partial charge in [0, 0.05) is 37.2 Å². The Morgan fingerprint density at radius 1 is 1.46 bits per heavy atom. The van der Waals surface area contributed by atoms with Gasteiger partial charge in [0.15, 0.2) is 0 Å². The molecule has 0 aliphatic carbocycles. The van der Waals surface area contributed by atoms with Gasteiger partial charge >= 0.3 is 0 Å². The maximum Gasteiger partial charge on any atom is 0.269 e. The molecule has 3 heteroatoms. The van der Waals surface area contributed by atoms with Crippen LogP contribution in [0.5, 0.6) is 0 Å². The number of amides is 1. The number of nitrogens with zero attached hydrogens (tertiary/aromatic N) is 2. The Bertz CT molecular complexity index is 308. The largest absolute Gasteiger partial charge is 0.377 e. The van der Waals surface area contributed by atoms with Gasteiger partial charge in [-0.3, -0.25) is 4.79 Å². The van der Waals surface area contributed by atoms with Crippen LogP contribution < -0.4 is 0 Å². The second-order valence-corrected chi connectivity index (χ2v) is 3.36. The van der Waals surface area contributed by atoms with Gasteiger partial charge in [-0.15, -0.1) is 0 Å². The maximum atomic E-state index is 10.8. The highest BCUT2D eigenvalue weighted by Gasteiger charge is 2.16. The van der Waals surface area contributed by atoms with E-state index in [1.54, 1.807) is 6.21 Å². The van der Waals surface area contributed by atoms with Crippen LogP contribution in [0.15, 0.2) is 28.4 Å². The van der Waals surface area contributed by atoms with Crippen molar-refractivity contribution < 1.29 is 4.79 Å². The molecule has 13 heavy (non-hydrogen) atoms. The maximum absolute atomic E-state index is 10.8. The average molecular weight is 176 g/mol. The topological polar surface area (TPSA) is 32.7 Å². The molecular weight excluding hydrogens is 164 g/mol. The van der Waals surface area contributed by atoms with E-state index in [4.69, 9.17) is 0 Å². The van der Waals surface area contributed by atoms with Crippen LogP contribution in [0.4, 0.5) is 0 Å². The first-order valence-electron chi connectivity index (χ1n) is 4.48. The molecule has 0 saturated carbocycles. The van der Waals surface area contributed by atoms with Crippen LogP contribution in [0, 0.1) is 0 Å². The average Bonchev–Trinajstić information content (AvgIpc) is 2.53. The number of allylic oxidation sites excluding steroid dienone is 3. The number of hydrogen-bond donors (Lipinski definition) is 0. The van der Waals surface area contributed by atoms with Crippen molar-refractivity contribution in [3.63, 3.8) is 0 Å². The van der Waals surface area contributed by atoms with Crippen molar-refractivity contribution in [2.24, 2.45) is 4.99 Å². The van der Waals surface area contributed by atoms with E-state index < -0.39 is 0 Å². The molecule has 0 radical (unpaired) electrons. The number of aliphatic imine (C=N–C) groups is 1. The van der Waals surface area contributed by atoms with Crippen LogP contribution in [-0.2, 0) is 4.79 Å². The van der Waals surface area contributed by atoms with Gasteiger partial charge in [-0.25, -0.2) is 4.99 Å². The lowest BCUT2D eigenvalue weighted by molar-refractivity contribution is -0.113. The fourth-order valence-corrected chi connectivity index (χ4v) is 1.73. The quantitative estimate of drug-likeness (QED) is 0.554. The first-order chi connectivity index (χ1) is 6.27. The minimum absolute atomic E-state index is 0.162. The second kappa shape index (κ2) is 3.17. The zero-order chi connectivity index (χ0) is 9.26. The molecule has 2 aliphatic heterocycles. The van der Waals surface area contributed by atoms with Crippen molar-refractivity contribution in [3.05, 3.63) is 23.4 Å². The Hall–Kier alpha value is -1.38. The minimum Gasteiger partial charge on any atom is -0.377 e. The Kier molecular flexibility index (Phi) is 2.00. The van der Waals surface area contributed by atoms with E-state index >= 15 is 0 Å². The molecule has 0 bridgehead atoms. The van der Waals surface area contributed by atoms with E-state index in [-0.39, 0.29) is 5.91 Å². The van der Waals surface area contributed by atoms with E-state index in [1.807, 2.05) is 6.08 Å². The summed E-state index contributed by atoms with van der Waals surface area (Å²) in [4.78, 5) is 16.8. The van der Waals surface area contributed by atoms with Crippen molar-refractivity contribution in [2.45, 2.75) is 12.8 Å². The lowest BCUT2D eigenvalue weighted by atomic mass is 10.1. The number of carbonyl (C=O) groups is 1. The molecule has 0 atom stereocenters. The Balaban J connectivity index is 2.29. The molecule has 2 aliphatic rings. The number of likely N-dealkylation sites (tertiary alicyclic amines) is 1. The summed E-state index contributed by atoms with van der Waals surface area (Å²) in [6.07, 6.45) is 7.34. The summed E-state index contributed by atoms with van der Waals surface area (Å²) in [5, 5.41) is 0. The van der Waals surface area contributed by atoms with Crippen LogP contribution in [0.3, 0.4) is 0 Å². The summed E-state index contributed by atoms with van der Waals surface area (Å²) < 4.78 is 0. The summed E-state index contributed by atoms with van der Waals surface area (Å²) >= 11 is 0. The van der Waals surface area contributed by atoms with E-state index in [0.29, 0.717) is 0 Å². The van der Waals surface area contributed by atoms with Gasteiger partial charge in [-0.05, 0) is 18.9 Å². The number of dihydropyridines is 1. The molecule has 1 amide bonds. The third kappa shape index (κ3) is 1.54. The molecule has 2 heterocycles. The normalized spacial score (nSPS) is 27.5. The van der Waals surface area contributed by atoms with Gasteiger partial charge in [0.2, 0.25) is 0 Å². The molecule has 0 unspecified atom stereocenters. The molecule has 1 saturated heterocycles. The molecule has 3 nitrogen and oxygen atoms in total. The molecule has 0 aromatic carbocycles. The van der Waals surface area contributed by atoms with E-state index in [0.717, 1.165) is 18.5 Å². The summed E-state index contributed by atoms with van der Waals surface area (Å²) in [5.74, 6) is -0.162. The molecule has 2 rings (SSSR count). The highest BCUT2D eigenvalue weighted by atomic mass is 16.1. The van der Waals surface area contributed by atoms with Crippen LogP contribution in [0.25, 0.3) is 0 Å². The van der Waals surface area contributed by atoms with Crippen LogP contribution >= 0.6 is 0 Å². The van der Waals surface area contributed by atoms with E-state index in [1.165, 1.54) is 18.2 Å². The van der Waals surface area contributed by atoms with Gasteiger partial charge in [0.25, 0.3) is 5.91 Å². The molecular formula is C10H12N2O. The van der Waals surface area contributed by atoms with E-state index in [9.17, 15) is 4.79 Å². The van der Waals surface area contributed by atoms with Crippen molar-refractivity contribution in [1.82, 2.24) is 4.90 Å². The Labute approximate surface area is 77.4 Å². The molecule has 1 fully saturated rings. The zero-order valence-corrected chi connectivity index (χ0v) is 7.66. The Morgan fingerprint density at radius 3 is 2.85 bits per heavy atom. The number of rotatable bonds is 0. The van der Waals surface area contributed by atoms with Gasteiger partial charge in [0.05, 0.1) is 0 Å². The van der Waals surface area contributed by atoms with Gasteiger partial charge in [-0.2, -0.15) is 0 Å². The SMILES string of the molecule is CN1CCC/C1=C1\C=CC(=O)N=C1. The van der Waals surface area contributed by atoms with Crippen LogP contribution in [0.2, 0.25) is 0 Å². The minimum atomic E-state index is -0.162. The van der Waals surface area contributed by atoms with Crippen molar-refractivity contribution in [2.75, 3.05) is 13.6 Å². The molecule has 68 valence electrons.